The van der Waals surface area contributed by atoms with Gasteiger partial charge in [-0.05, 0) is 43.7 Å². The molecule has 0 unspecified atom stereocenters. The van der Waals surface area contributed by atoms with Crippen LogP contribution >= 0.6 is 35.7 Å². The molecule has 0 amide bonds. The number of nitrogens with zero attached hydrogens (tertiary/aromatic N) is 1. The van der Waals surface area contributed by atoms with Crippen LogP contribution in [0.1, 0.15) is 39.2 Å². The molecule has 1 aromatic rings. The summed E-state index contributed by atoms with van der Waals surface area (Å²) in [5, 5.41) is 6.83. The zero-order valence-corrected chi connectivity index (χ0v) is 20.0. The van der Waals surface area contributed by atoms with Gasteiger partial charge in [-0.2, -0.15) is 11.8 Å². The third kappa shape index (κ3) is 7.42. The Balaban J connectivity index is 0.00000364. The molecule has 1 fully saturated rings. The van der Waals surface area contributed by atoms with Crippen molar-refractivity contribution in [2.45, 2.75) is 43.8 Å². The van der Waals surface area contributed by atoms with Crippen molar-refractivity contribution in [3.8, 4) is 0 Å². The Morgan fingerprint density at radius 2 is 2.00 bits per heavy atom. The van der Waals surface area contributed by atoms with Crippen molar-refractivity contribution in [1.29, 1.82) is 0 Å². The van der Waals surface area contributed by atoms with Gasteiger partial charge in [-0.15, -0.1) is 24.0 Å². The van der Waals surface area contributed by atoms with Gasteiger partial charge in [-0.25, -0.2) is 4.39 Å². The van der Waals surface area contributed by atoms with E-state index in [0.717, 1.165) is 50.7 Å². The summed E-state index contributed by atoms with van der Waals surface area (Å²) in [5.74, 6) is 0.614. The van der Waals surface area contributed by atoms with Gasteiger partial charge in [-0.3, -0.25) is 4.99 Å². The predicted octanol–water partition coefficient (Wildman–Crippen LogP) is 4.19. The normalized spacial score (nSPS) is 17.1. The van der Waals surface area contributed by atoms with Crippen LogP contribution in [0.5, 0.6) is 0 Å². The number of ether oxygens (including phenoxy) is 1. The second-order valence-electron chi connectivity index (χ2n) is 7.44. The molecule has 1 aromatic carbocycles. The lowest BCUT2D eigenvalue weighted by Gasteiger charge is -2.36. The molecule has 0 bridgehead atoms. The molecule has 1 aliphatic rings. The molecule has 1 aliphatic heterocycles. The van der Waals surface area contributed by atoms with Crippen molar-refractivity contribution >= 4 is 41.7 Å². The van der Waals surface area contributed by atoms with E-state index >= 15 is 0 Å². The molecule has 2 rings (SSSR count). The number of benzene rings is 1. The Bertz CT molecular complexity index is 607. The van der Waals surface area contributed by atoms with Crippen LogP contribution in [-0.2, 0) is 10.2 Å². The zero-order chi connectivity index (χ0) is 19.0. The van der Waals surface area contributed by atoms with E-state index in [1.54, 1.807) is 12.1 Å². The highest BCUT2D eigenvalue weighted by Gasteiger charge is 2.32. The molecule has 4 nitrogen and oxygen atoms in total. The summed E-state index contributed by atoms with van der Waals surface area (Å²) in [4.78, 5) is 4.77. The Morgan fingerprint density at radius 3 is 2.59 bits per heavy atom. The number of guanidine groups is 1. The zero-order valence-electron chi connectivity index (χ0n) is 16.8. The van der Waals surface area contributed by atoms with Gasteiger partial charge in [0.05, 0.1) is 6.54 Å². The monoisotopic (exact) mass is 509 g/mol. The van der Waals surface area contributed by atoms with E-state index in [-0.39, 0.29) is 40.0 Å². The molecule has 0 saturated carbocycles. The maximum absolute atomic E-state index is 13.6. The quantitative estimate of drug-likeness (QED) is 0.329. The SMILES string of the molecule is CCNC(=NCC(C)(C)c1cccc(F)c1)NCC1(SC)CCOCC1.I. The van der Waals surface area contributed by atoms with Crippen molar-refractivity contribution < 1.29 is 9.13 Å². The van der Waals surface area contributed by atoms with Crippen LogP contribution in [0, 0.1) is 5.82 Å². The van der Waals surface area contributed by atoms with Crippen LogP contribution in [0.4, 0.5) is 4.39 Å². The molecular weight excluding hydrogens is 476 g/mol. The summed E-state index contributed by atoms with van der Waals surface area (Å²) in [5.41, 5.74) is 0.724. The smallest absolute Gasteiger partial charge is 0.191 e. The summed E-state index contributed by atoms with van der Waals surface area (Å²) in [6.07, 6.45) is 4.27. The fourth-order valence-corrected chi connectivity index (χ4v) is 3.85. The maximum Gasteiger partial charge on any atom is 0.191 e. The largest absolute Gasteiger partial charge is 0.381 e. The first-order valence-corrected chi connectivity index (χ1v) is 10.5. The van der Waals surface area contributed by atoms with Crippen molar-refractivity contribution in [2.75, 3.05) is 39.1 Å². The standard InChI is InChI=1S/C20H32FN3OS.HI/c1-5-22-18(24-15-20(26-4)9-11-25-12-10-20)23-14-19(2,3)16-7-6-8-17(21)13-16;/h6-8,13H,5,9-12,14-15H2,1-4H3,(H2,22,23,24);1H. The van der Waals surface area contributed by atoms with Gasteiger partial charge in [0.2, 0.25) is 0 Å². The highest BCUT2D eigenvalue weighted by atomic mass is 127. The van der Waals surface area contributed by atoms with Gasteiger partial charge in [-0.1, -0.05) is 26.0 Å². The van der Waals surface area contributed by atoms with Crippen LogP contribution in [0.2, 0.25) is 0 Å². The van der Waals surface area contributed by atoms with E-state index in [9.17, 15) is 4.39 Å². The lowest BCUT2D eigenvalue weighted by Crippen LogP contribution is -2.48. The number of rotatable bonds is 7. The molecule has 0 aromatic heterocycles. The van der Waals surface area contributed by atoms with Crippen molar-refractivity contribution in [1.82, 2.24) is 10.6 Å². The fraction of sp³-hybridized carbons (Fsp3) is 0.650. The minimum absolute atomic E-state index is 0. The Morgan fingerprint density at radius 1 is 1.30 bits per heavy atom. The van der Waals surface area contributed by atoms with Crippen molar-refractivity contribution in [2.24, 2.45) is 4.99 Å². The first-order chi connectivity index (χ1) is 12.4. The highest BCUT2D eigenvalue weighted by Crippen LogP contribution is 2.33. The van der Waals surface area contributed by atoms with Gasteiger partial charge in [0, 0.05) is 36.5 Å². The van der Waals surface area contributed by atoms with E-state index in [1.807, 2.05) is 17.8 Å². The maximum atomic E-state index is 13.6. The average molecular weight is 509 g/mol. The van der Waals surface area contributed by atoms with Crippen LogP contribution in [0.3, 0.4) is 0 Å². The number of halogens is 2. The molecule has 154 valence electrons. The summed E-state index contributed by atoms with van der Waals surface area (Å²) in [7, 11) is 0. The molecule has 0 radical (unpaired) electrons. The van der Waals surface area contributed by atoms with E-state index in [4.69, 9.17) is 9.73 Å². The van der Waals surface area contributed by atoms with E-state index in [0.29, 0.717) is 6.54 Å². The van der Waals surface area contributed by atoms with Gasteiger partial charge >= 0.3 is 0 Å². The molecule has 27 heavy (non-hydrogen) atoms. The summed E-state index contributed by atoms with van der Waals surface area (Å²) >= 11 is 1.91. The highest BCUT2D eigenvalue weighted by molar-refractivity contribution is 14.0. The summed E-state index contributed by atoms with van der Waals surface area (Å²) in [6.45, 7) is 10.2. The number of hydrogen-bond donors (Lipinski definition) is 2. The van der Waals surface area contributed by atoms with Gasteiger partial charge < -0.3 is 15.4 Å². The third-order valence-electron chi connectivity index (χ3n) is 5.00. The first-order valence-electron chi connectivity index (χ1n) is 9.32. The number of thioether (sulfide) groups is 1. The van der Waals surface area contributed by atoms with E-state index in [1.165, 1.54) is 6.07 Å². The minimum atomic E-state index is -0.236. The second kappa shape index (κ2) is 11.5. The van der Waals surface area contributed by atoms with Crippen molar-refractivity contribution in [3.05, 3.63) is 35.6 Å². The lowest BCUT2D eigenvalue weighted by atomic mass is 9.85. The topological polar surface area (TPSA) is 45.7 Å². The molecule has 1 heterocycles. The van der Waals surface area contributed by atoms with Crippen LogP contribution < -0.4 is 10.6 Å². The van der Waals surface area contributed by atoms with Crippen molar-refractivity contribution in [3.63, 3.8) is 0 Å². The molecule has 0 atom stereocenters. The molecule has 0 aliphatic carbocycles. The van der Waals surface area contributed by atoms with Crippen LogP contribution in [-0.4, -0.2) is 49.8 Å². The van der Waals surface area contributed by atoms with E-state index < -0.39 is 0 Å². The molecule has 0 spiro atoms. The number of nitrogens with one attached hydrogen (secondary N) is 2. The third-order valence-corrected chi connectivity index (χ3v) is 6.42. The van der Waals surface area contributed by atoms with Crippen LogP contribution in [0.25, 0.3) is 0 Å². The van der Waals surface area contributed by atoms with Gasteiger partial charge in [0.1, 0.15) is 5.82 Å². The van der Waals surface area contributed by atoms with E-state index in [2.05, 4.69) is 37.7 Å². The minimum Gasteiger partial charge on any atom is -0.381 e. The van der Waals surface area contributed by atoms with Gasteiger partial charge in [0.15, 0.2) is 5.96 Å². The first kappa shape index (κ1) is 24.5. The fourth-order valence-electron chi connectivity index (χ4n) is 3.06. The Kier molecular flexibility index (Phi) is 10.4. The molecule has 7 heteroatoms. The number of hydrogen-bond acceptors (Lipinski definition) is 3. The van der Waals surface area contributed by atoms with Gasteiger partial charge in [0.25, 0.3) is 0 Å². The van der Waals surface area contributed by atoms with Crippen LogP contribution in [0.15, 0.2) is 29.3 Å². The number of aliphatic imine (C=N–C) groups is 1. The predicted molar refractivity (Wildman–Crippen MR) is 125 cm³/mol. The Labute approximate surface area is 184 Å². The summed E-state index contributed by atoms with van der Waals surface area (Å²) in [6, 6.07) is 6.79. The molecule has 2 N–H and O–H groups in total. The molecular formula is C20H33FIN3OS. The summed E-state index contributed by atoms with van der Waals surface area (Å²) < 4.78 is 19.3. The second-order valence-corrected chi connectivity index (χ2v) is 8.72. The molecule has 1 saturated heterocycles. The average Bonchev–Trinajstić information content (AvgIpc) is 2.65. The lowest BCUT2D eigenvalue weighted by molar-refractivity contribution is 0.0783. The Hall–Kier alpha value is -0.540.